The number of carbonyl (C=O) groups excluding carboxylic acids is 1. The molecule has 1 aliphatic rings. The summed E-state index contributed by atoms with van der Waals surface area (Å²) in [6.45, 7) is 1.50. The van der Waals surface area contributed by atoms with E-state index < -0.39 is 0 Å². The SMILES string of the molecule is COCCCc1cc(CCCOC)cc(C(=O)NC2CC2)c1. The highest BCUT2D eigenvalue weighted by Crippen LogP contribution is 2.20. The number of hydrogen-bond acceptors (Lipinski definition) is 3. The molecular formula is C18H27NO3. The van der Waals surface area contributed by atoms with Crippen LogP contribution >= 0.6 is 0 Å². The van der Waals surface area contributed by atoms with Crippen molar-refractivity contribution < 1.29 is 14.3 Å². The summed E-state index contributed by atoms with van der Waals surface area (Å²) in [6, 6.07) is 6.64. The second kappa shape index (κ2) is 8.91. The van der Waals surface area contributed by atoms with Gasteiger partial charge < -0.3 is 14.8 Å². The number of nitrogens with one attached hydrogen (secondary N) is 1. The molecule has 1 aliphatic carbocycles. The Bertz CT molecular complexity index is 455. The summed E-state index contributed by atoms with van der Waals surface area (Å²) in [5, 5.41) is 3.07. The molecule has 1 saturated carbocycles. The highest BCUT2D eigenvalue weighted by Gasteiger charge is 2.24. The van der Waals surface area contributed by atoms with Crippen molar-refractivity contribution in [2.24, 2.45) is 0 Å². The van der Waals surface area contributed by atoms with Crippen molar-refractivity contribution in [3.05, 3.63) is 34.9 Å². The van der Waals surface area contributed by atoms with Crippen LogP contribution in [0.25, 0.3) is 0 Å². The number of benzene rings is 1. The van der Waals surface area contributed by atoms with E-state index in [1.165, 1.54) is 11.1 Å². The lowest BCUT2D eigenvalue weighted by Gasteiger charge is -2.10. The van der Waals surface area contributed by atoms with Crippen LogP contribution in [0, 0.1) is 0 Å². The van der Waals surface area contributed by atoms with Crippen molar-refractivity contribution in [2.75, 3.05) is 27.4 Å². The molecule has 0 bridgehead atoms. The largest absolute Gasteiger partial charge is 0.385 e. The number of methoxy groups -OCH3 is 2. The Hall–Kier alpha value is -1.39. The first kappa shape index (κ1) is 17.0. The minimum absolute atomic E-state index is 0.0593. The Morgan fingerprint density at radius 3 is 2.05 bits per heavy atom. The first-order valence-corrected chi connectivity index (χ1v) is 8.14. The van der Waals surface area contributed by atoms with E-state index in [-0.39, 0.29) is 5.91 Å². The van der Waals surface area contributed by atoms with Gasteiger partial charge in [-0.3, -0.25) is 4.79 Å². The second-order valence-electron chi connectivity index (χ2n) is 5.98. The van der Waals surface area contributed by atoms with Gasteiger partial charge >= 0.3 is 0 Å². The molecule has 0 unspecified atom stereocenters. The molecule has 0 radical (unpaired) electrons. The molecule has 0 aliphatic heterocycles. The van der Waals surface area contributed by atoms with Crippen LogP contribution in [0.5, 0.6) is 0 Å². The van der Waals surface area contributed by atoms with E-state index in [0.717, 1.165) is 57.3 Å². The smallest absolute Gasteiger partial charge is 0.251 e. The zero-order valence-corrected chi connectivity index (χ0v) is 13.7. The lowest BCUT2D eigenvalue weighted by Crippen LogP contribution is -2.25. The van der Waals surface area contributed by atoms with Gasteiger partial charge in [-0.2, -0.15) is 0 Å². The summed E-state index contributed by atoms with van der Waals surface area (Å²) in [4.78, 5) is 12.3. The van der Waals surface area contributed by atoms with Crippen molar-refractivity contribution in [3.8, 4) is 0 Å². The summed E-state index contributed by atoms with van der Waals surface area (Å²) in [5.41, 5.74) is 3.22. The van der Waals surface area contributed by atoms with Crippen LogP contribution in [0.1, 0.15) is 47.2 Å². The van der Waals surface area contributed by atoms with Crippen LogP contribution in [-0.2, 0) is 22.3 Å². The molecular weight excluding hydrogens is 278 g/mol. The van der Waals surface area contributed by atoms with E-state index in [9.17, 15) is 4.79 Å². The molecule has 0 atom stereocenters. The molecule has 1 N–H and O–H groups in total. The molecule has 122 valence electrons. The average Bonchev–Trinajstić information content (AvgIpc) is 3.31. The first-order valence-electron chi connectivity index (χ1n) is 8.14. The molecule has 2 rings (SSSR count). The maximum absolute atomic E-state index is 12.3. The van der Waals surface area contributed by atoms with Gasteiger partial charge in [0.15, 0.2) is 0 Å². The fourth-order valence-electron chi connectivity index (χ4n) is 2.52. The van der Waals surface area contributed by atoms with Gasteiger partial charge in [-0.05, 0) is 61.8 Å². The number of hydrogen-bond donors (Lipinski definition) is 1. The lowest BCUT2D eigenvalue weighted by molar-refractivity contribution is 0.0951. The molecule has 4 nitrogen and oxygen atoms in total. The van der Waals surface area contributed by atoms with Gasteiger partial charge in [-0.1, -0.05) is 6.07 Å². The summed E-state index contributed by atoms with van der Waals surface area (Å²) in [7, 11) is 3.44. The molecule has 0 aromatic heterocycles. The maximum Gasteiger partial charge on any atom is 0.251 e. The quantitative estimate of drug-likeness (QED) is 0.676. The molecule has 0 saturated heterocycles. The average molecular weight is 305 g/mol. The summed E-state index contributed by atoms with van der Waals surface area (Å²) in [6.07, 6.45) is 6.05. The Morgan fingerprint density at radius 1 is 1.05 bits per heavy atom. The van der Waals surface area contributed by atoms with E-state index in [0.29, 0.717) is 6.04 Å². The Kier molecular flexibility index (Phi) is 6.87. The van der Waals surface area contributed by atoms with Crippen molar-refractivity contribution in [1.29, 1.82) is 0 Å². The van der Waals surface area contributed by atoms with Crippen LogP contribution in [0.4, 0.5) is 0 Å². The second-order valence-corrected chi connectivity index (χ2v) is 5.98. The van der Waals surface area contributed by atoms with E-state index in [1.54, 1.807) is 14.2 Å². The van der Waals surface area contributed by atoms with Gasteiger partial charge in [-0.25, -0.2) is 0 Å². The van der Waals surface area contributed by atoms with Gasteiger partial charge in [0.25, 0.3) is 5.91 Å². The summed E-state index contributed by atoms with van der Waals surface area (Å²) in [5.74, 6) is 0.0593. The minimum atomic E-state index is 0.0593. The standard InChI is InChI=1S/C18H27NO3/c1-21-9-3-5-14-11-15(6-4-10-22-2)13-16(12-14)18(20)19-17-7-8-17/h11-13,17H,3-10H2,1-2H3,(H,19,20). The first-order chi connectivity index (χ1) is 10.7. The number of ether oxygens (including phenoxy) is 2. The molecule has 0 spiro atoms. The normalized spacial score (nSPS) is 14.1. The lowest BCUT2D eigenvalue weighted by atomic mass is 9.99. The monoisotopic (exact) mass is 305 g/mol. The third-order valence-electron chi connectivity index (χ3n) is 3.86. The van der Waals surface area contributed by atoms with Gasteiger partial charge in [0, 0.05) is 39.0 Å². The van der Waals surface area contributed by atoms with Crippen LogP contribution in [0.3, 0.4) is 0 Å². The number of carbonyl (C=O) groups is 1. The van der Waals surface area contributed by atoms with E-state index >= 15 is 0 Å². The van der Waals surface area contributed by atoms with Crippen molar-refractivity contribution in [1.82, 2.24) is 5.32 Å². The molecule has 22 heavy (non-hydrogen) atoms. The van der Waals surface area contributed by atoms with Gasteiger partial charge in [0.2, 0.25) is 0 Å². The predicted molar refractivity (Wildman–Crippen MR) is 87.3 cm³/mol. The fraction of sp³-hybridized carbons (Fsp3) is 0.611. The molecule has 1 aromatic rings. The Balaban J connectivity index is 2.05. The highest BCUT2D eigenvalue weighted by atomic mass is 16.5. The van der Waals surface area contributed by atoms with E-state index in [2.05, 4.69) is 11.4 Å². The molecule has 4 heteroatoms. The van der Waals surface area contributed by atoms with Crippen LogP contribution in [-0.4, -0.2) is 39.4 Å². The third-order valence-corrected chi connectivity index (χ3v) is 3.86. The van der Waals surface area contributed by atoms with Crippen LogP contribution in [0.15, 0.2) is 18.2 Å². The third kappa shape index (κ3) is 5.78. The van der Waals surface area contributed by atoms with Crippen molar-refractivity contribution in [2.45, 2.75) is 44.6 Å². The number of rotatable bonds is 10. The Labute approximate surface area is 133 Å². The van der Waals surface area contributed by atoms with Crippen molar-refractivity contribution in [3.63, 3.8) is 0 Å². The molecule has 1 aromatic carbocycles. The predicted octanol–water partition coefficient (Wildman–Crippen LogP) is 2.74. The minimum Gasteiger partial charge on any atom is -0.385 e. The van der Waals surface area contributed by atoms with E-state index in [1.807, 2.05) is 12.1 Å². The fourth-order valence-corrected chi connectivity index (χ4v) is 2.52. The van der Waals surface area contributed by atoms with Crippen LogP contribution in [0.2, 0.25) is 0 Å². The molecule has 1 fully saturated rings. The van der Waals surface area contributed by atoms with Gasteiger partial charge in [-0.15, -0.1) is 0 Å². The summed E-state index contributed by atoms with van der Waals surface area (Å²) >= 11 is 0. The summed E-state index contributed by atoms with van der Waals surface area (Å²) < 4.78 is 10.2. The number of aryl methyl sites for hydroxylation is 2. The highest BCUT2D eigenvalue weighted by molar-refractivity contribution is 5.95. The topological polar surface area (TPSA) is 47.6 Å². The number of amides is 1. The van der Waals surface area contributed by atoms with E-state index in [4.69, 9.17) is 9.47 Å². The van der Waals surface area contributed by atoms with Gasteiger partial charge in [0.05, 0.1) is 0 Å². The van der Waals surface area contributed by atoms with Crippen molar-refractivity contribution >= 4 is 5.91 Å². The zero-order chi connectivity index (χ0) is 15.8. The molecule has 0 heterocycles. The zero-order valence-electron chi connectivity index (χ0n) is 13.7. The maximum atomic E-state index is 12.3. The Morgan fingerprint density at radius 2 is 1.59 bits per heavy atom. The van der Waals surface area contributed by atoms with Crippen LogP contribution < -0.4 is 5.32 Å². The molecule has 1 amide bonds. The van der Waals surface area contributed by atoms with Gasteiger partial charge in [0.1, 0.15) is 0 Å².